The van der Waals surface area contributed by atoms with E-state index in [9.17, 15) is 4.79 Å². The number of nitrogens with zero attached hydrogens (tertiary/aromatic N) is 1. The Kier molecular flexibility index (Phi) is 6.39. The first-order chi connectivity index (χ1) is 8.69. The van der Waals surface area contributed by atoms with Crippen LogP contribution in [0.15, 0.2) is 30.3 Å². The van der Waals surface area contributed by atoms with Gasteiger partial charge in [-0.25, -0.2) is 0 Å². The zero-order valence-electron chi connectivity index (χ0n) is 10.9. The first kappa shape index (κ1) is 14.7. The van der Waals surface area contributed by atoms with Gasteiger partial charge in [0.05, 0.1) is 6.04 Å². The molecule has 0 aliphatic heterocycles. The van der Waals surface area contributed by atoms with Crippen molar-refractivity contribution in [2.24, 2.45) is 5.73 Å². The zero-order valence-corrected chi connectivity index (χ0v) is 10.9. The Morgan fingerprint density at radius 1 is 1.39 bits per heavy atom. The van der Waals surface area contributed by atoms with Crippen LogP contribution in [0, 0.1) is 0 Å². The van der Waals surface area contributed by atoms with Gasteiger partial charge in [-0.3, -0.25) is 4.79 Å². The second kappa shape index (κ2) is 7.84. The Morgan fingerprint density at radius 2 is 2.06 bits per heavy atom. The molecule has 0 aliphatic rings. The molecule has 0 aliphatic carbocycles. The molecule has 1 atom stereocenters. The molecular weight excluding hydrogens is 228 g/mol. The number of aliphatic hydroxyl groups is 1. The standard InChI is InChI=1S/C14H22N2O2/c1-2-16(9-6-10-17)14(18)13(15)11-12-7-4-3-5-8-12/h3-5,7-8,13,17H,2,6,9-11,15H2,1H3/t13-/m1/s1. The molecule has 4 nitrogen and oxygen atoms in total. The first-order valence-electron chi connectivity index (χ1n) is 6.38. The van der Waals surface area contributed by atoms with Crippen LogP contribution in [0.5, 0.6) is 0 Å². The highest BCUT2D eigenvalue weighted by Gasteiger charge is 2.19. The molecule has 0 fully saturated rings. The molecule has 0 bridgehead atoms. The van der Waals surface area contributed by atoms with E-state index < -0.39 is 6.04 Å². The second-order valence-corrected chi connectivity index (χ2v) is 4.29. The minimum atomic E-state index is -0.508. The number of nitrogens with two attached hydrogens (primary N) is 1. The lowest BCUT2D eigenvalue weighted by molar-refractivity contribution is -0.132. The third-order valence-corrected chi connectivity index (χ3v) is 2.90. The fourth-order valence-electron chi connectivity index (χ4n) is 1.88. The van der Waals surface area contributed by atoms with Crippen molar-refractivity contribution in [2.45, 2.75) is 25.8 Å². The van der Waals surface area contributed by atoms with Gasteiger partial charge in [0.2, 0.25) is 5.91 Å². The number of likely N-dealkylation sites (N-methyl/N-ethyl adjacent to an activating group) is 1. The molecule has 0 radical (unpaired) electrons. The molecule has 1 aromatic rings. The molecule has 1 amide bonds. The van der Waals surface area contributed by atoms with E-state index >= 15 is 0 Å². The van der Waals surface area contributed by atoms with Gasteiger partial charge in [0.1, 0.15) is 0 Å². The van der Waals surface area contributed by atoms with Gasteiger partial charge in [-0.05, 0) is 25.3 Å². The monoisotopic (exact) mass is 250 g/mol. The van der Waals surface area contributed by atoms with Gasteiger partial charge < -0.3 is 15.7 Å². The number of carbonyl (C=O) groups is 1. The summed E-state index contributed by atoms with van der Waals surface area (Å²) in [5.74, 6) is -0.0465. The summed E-state index contributed by atoms with van der Waals surface area (Å²) in [6, 6.07) is 9.25. The van der Waals surface area contributed by atoms with Crippen molar-refractivity contribution in [3.05, 3.63) is 35.9 Å². The van der Waals surface area contributed by atoms with Gasteiger partial charge in [0, 0.05) is 19.7 Å². The third-order valence-electron chi connectivity index (χ3n) is 2.90. The van der Waals surface area contributed by atoms with E-state index in [1.54, 1.807) is 4.90 Å². The Labute approximate surface area is 108 Å². The van der Waals surface area contributed by atoms with E-state index in [0.29, 0.717) is 25.9 Å². The third kappa shape index (κ3) is 4.47. The lowest BCUT2D eigenvalue weighted by atomic mass is 10.1. The highest BCUT2D eigenvalue weighted by Crippen LogP contribution is 2.05. The van der Waals surface area contributed by atoms with E-state index in [0.717, 1.165) is 5.56 Å². The largest absolute Gasteiger partial charge is 0.396 e. The van der Waals surface area contributed by atoms with Crippen LogP contribution in [0.3, 0.4) is 0 Å². The van der Waals surface area contributed by atoms with Crippen molar-refractivity contribution in [1.82, 2.24) is 4.90 Å². The normalized spacial score (nSPS) is 12.2. The fourth-order valence-corrected chi connectivity index (χ4v) is 1.88. The van der Waals surface area contributed by atoms with Crippen LogP contribution in [0.2, 0.25) is 0 Å². The van der Waals surface area contributed by atoms with Crippen LogP contribution in [0.4, 0.5) is 0 Å². The van der Waals surface area contributed by atoms with Gasteiger partial charge in [-0.15, -0.1) is 0 Å². The molecule has 0 saturated heterocycles. The lowest BCUT2D eigenvalue weighted by Gasteiger charge is -2.24. The average molecular weight is 250 g/mol. The van der Waals surface area contributed by atoms with Gasteiger partial charge in [-0.1, -0.05) is 30.3 Å². The molecule has 1 aromatic carbocycles. The Morgan fingerprint density at radius 3 is 2.61 bits per heavy atom. The van der Waals surface area contributed by atoms with Crippen LogP contribution < -0.4 is 5.73 Å². The lowest BCUT2D eigenvalue weighted by Crippen LogP contribution is -2.45. The van der Waals surface area contributed by atoms with E-state index in [1.807, 2.05) is 37.3 Å². The predicted octanol–water partition coefficient (Wildman–Crippen LogP) is 0.787. The van der Waals surface area contributed by atoms with Crippen molar-refractivity contribution in [3.8, 4) is 0 Å². The second-order valence-electron chi connectivity index (χ2n) is 4.29. The molecule has 4 heteroatoms. The smallest absolute Gasteiger partial charge is 0.239 e. The number of benzene rings is 1. The number of amides is 1. The number of hydrogen-bond donors (Lipinski definition) is 2. The summed E-state index contributed by atoms with van der Waals surface area (Å²) in [4.78, 5) is 13.8. The molecule has 0 spiro atoms. The van der Waals surface area contributed by atoms with Crippen LogP contribution in [0.1, 0.15) is 18.9 Å². The van der Waals surface area contributed by atoms with Crippen molar-refractivity contribution < 1.29 is 9.90 Å². The van der Waals surface area contributed by atoms with Gasteiger partial charge in [-0.2, -0.15) is 0 Å². The summed E-state index contributed by atoms with van der Waals surface area (Å²) >= 11 is 0. The van der Waals surface area contributed by atoms with Crippen LogP contribution in [-0.4, -0.2) is 41.7 Å². The number of hydrogen-bond acceptors (Lipinski definition) is 3. The molecule has 100 valence electrons. The number of rotatable bonds is 7. The highest BCUT2D eigenvalue weighted by molar-refractivity contribution is 5.81. The van der Waals surface area contributed by atoms with Gasteiger partial charge in [0.25, 0.3) is 0 Å². The van der Waals surface area contributed by atoms with Crippen molar-refractivity contribution in [3.63, 3.8) is 0 Å². The fraction of sp³-hybridized carbons (Fsp3) is 0.500. The molecular formula is C14H22N2O2. The molecule has 0 aromatic heterocycles. The van der Waals surface area contributed by atoms with E-state index in [4.69, 9.17) is 10.8 Å². The summed E-state index contributed by atoms with van der Waals surface area (Å²) in [6.07, 6.45) is 1.15. The average Bonchev–Trinajstić information content (AvgIpc) is 2.40. The van der Waals surface area contributed by atoms with Crippen molar-refractivity contribution in [1.29, 1.82) is 0 Å². The van der Waals surface area contributed by atoms with Crippen LogP contribution in [-0.2, 0) is 11.2 Å². The maximum absolute atomic E-state index is 12.1. The maximum Gasteiger partial charge on any atom is 0.239 e. The molecule has 0 unspecified atom stereocenters. The SMILES string of the molecule is CCN(CCCO)C(=O)[C@H](N)Cc1ccccc1. The quantitative estimate of drug-likeness (QED) is 0.752. The van der Waals surface area contributed by atoms with E-state index in [-0.39, 0.29) is 12.5 Å². The Bertz CT molecular complexity index is 354. The summed E-state index contributed by atoms with van der Waals surface area (Å²) in [5, 5.41) is 8.80. The van der Waals surface area contributed by atoms with Gasteiger partial charge in [0.15, 0.2) is 0 Å². The van der Waals surface area contributed by atoms with Gasteiger partial charge >= 0.3 is 0 Å². The number of aliphatic hydroxyl groups excluding tert-OH is 1. The Hall–Kier alpha value is -1.39. The van der Waals surface area contributed by atoms with Crippen molar-refractivity contribution >= 4 is 5.91 Å². The topological polar surface area (TPSA) is 66.6 Å². The van der Waals surface area contributed by atoms with E-state index in [1.165, 1.54) is 0 Å². The zero-order chi connectivity index (χ0) is 13.4. The Balaban J connectivity index is 2.54. The molecule has 18 heavy (non-hydrogen) atoms. The maximum atomic E-state index is 12.1. The summed E-state index contributed by atoms with van der Waals surface area (Å²) < 4.78 is 0. The molecule has 3 N–H and O–H groups in total. The highest BCUT2D eigenvalue weighted by atomic mass is 16.3. The summed E-state index contributed by atoms with van der Waals surface area (Å²) in [5.41, 5.74) is 7.01. The minimum absolute atomic E-state index is 0.0465. The minimum Gasteiger partial charge on any atom is -0.396 e. The van der Waals surface area contributed by atoms with Crippen molar-refractivity contribution in [2.75, 3.05) is 19.7 Å². The molecule has 0 heterocycles. The predicted molar refractivity (Wildman–Crippen MR) is 72.1 cm³/mol. The molecule has 1 rings (SSSR count). The van der Waals surface area contributed by atoms with E-state index in [2.05, 4.69) is 0 Å². The van der Waals surface area contributed by atoms with Crippen LogP contribution in [0.25, 0.3) is 0 Å². The summed E-state index contributed by atoms with van der Waals surface area (Å²) in [7, 11) is 0. The van der Waals surface area contributed by atoms with Crippen LogP contribution >= 0.6 is 0 Å². The molecule has 0 saturated carbocycles. The first-order valence-corrected chi connectivity index (χ1v) is 6.38. The summed E-state index contributed by atoms with van der Waals surface area (Å²) in [6.45, 7) is 3.21. The number of carbonyl (C=O) groups excluding carboxylic acids is 1.